The van der Waals surface area contributed by atoms with E-state index in [0.29, 0.717) is 18.0 Å². The standard InChI is InChI=1S/C14H19NO3/c1-9-3-4-13(16)12(7-9)14(17)15-8-11-5-6-18-10(11)2/h3-4,7,10-11,16H,5-6,8H2,1-2H3,(H,15,17). The fourth-order valence-electron chi connectivity index (χ4n) is 2.19. The number of aromatic hydroxyl groups is 1. The molecule has 4 nitrogen and oxygen atoms in total. The molecular weight excluding hydrogens is 230 g/mol. The third-order valence-electron chi connectivity index (χ3n) is 3.45. The molecule has 2 unspecified atom stereocenters. The van der Waals surface area contributed by atoms with Crippen LogP contribution in [0.5, 0.6) is 5.75 Å². The van der Waals surface area contributed by atoms with Crippen molar-refractivity contribution in [2.45, 2.75) is 26.4 Å². The first-order chi connectivity index (χ1) is 8.58. The van der Waals surface area contributed by atoms with Gasteiger partial charge < -0.3 is 15.2 Å². The van der Waals surface area contributed by atoms with Gasteiger partial charge in [-0.3, -0.25) is 4.79 Å². The topological polar surface area (TPSA) is 58.6 Å². The van der Waals surface area contributed by atoms with Gasteiger partial charge in [0.05, 0.1) is 11.7 Å². The molecule has 0 saturated carbocycles. The number of ether oxygens (including phenoxy) is 1. The fourth-order valence-corrected chi connectivity index (χ4v) is 2.19. The number of nitrogens with one attached hydrogen (secondary N) is 1. The summed E-state index contributed by atoms with van der Waals surface area (Å²) in [7, 11) is 0. The van der Waals surface area contributed by atoms with Crippen LogP contribution in [0.1, 0.15) is 29.3 Å². The van der Waals surface area contributed by atoms with Crippen LogP contribution in [0, 0.1) is 12.8 Å². The average molecular weight is 249 g/mol. The number of hydrogen-bond acceptors (Lipinski definition) is 3. The molecule has 98 valence electrons. The largest absolute Gasteiger partial charge is 0.507 e. The van der Waals surface area contributed by atoms with Gasteiger partial charge in [-0.15, -0.1) is 0 Å². The van der Waals surface area contributed by atoms with E-state index < -0.39 is 0 Å². The van der Waals surface area contributed by atoms with Crippen molar-refractivity contribution >= 4 is 5.91 Å². The second kappa shape index (κ2) is 5.40. The zero-order valence-corrected chi connectivity index (χ0v) is 10.8. The molecule has 1 heterocycles. The zero-order valence-electron chi connectivity index (χ0n) is 10.8. The van der Waals surface area contributed by atoms with Crippen LogP contribution < -0.4 is 5.32 Å². The molecule has 2 N–H and O–H groups in total. The van der Waals surface area contributed by atoms with Gasteiger partial charge >= 0.3 is 0 Å². The third-order valence-corrected chi connectivity index (χ3v) is 3.45. The van der Waals surface area contributed by atoms with Crippen LogP contribution in [0.4, 0.5) is 0 Å². The molecule has 1 aromatic carbocycles. The Morgan fingerprint density at radius 1 is 1.56 bits per heavy atom. The normalized spacial score (nSPS) is 23.0. The summed E-state index contributed by atoms with van der Waals surface area (Å²) in [6.45, 7) is 5.27. The molecule has 0 bridgehead atoms. The number of phenols is 1. The van der Waals surface area contributed by atoms with E-state index in [9.17, 15) is 9.90 Å². The van der Waals surface area contributed by atoms with E-state index >= 15 is 0 Å². The Kier molecular flexibility index (Phi) is 3.87. The van der Waals surface area contributed by atoms with Crippen LogP contribution in [0.25, 0.3) is 0 Å². The van der Waals surface area contributed by atoms with E-state index in [2.05, 4.69) is 5.32 Å². The van der Waals surface area contributed by atoms with Gasteiger partial charge in [-0.05, 0) is 32.4 Å². The summed E-state index contributed by atoms with van der Waals surface area (Å²) in [5, 5.41) is 12.5. The molecule has 2 rings (SSSR count). The number of rotatable bonds is 3. The average Bonchev–Trinajstić information content (AvgIpc) is 2.75. The van der Waals surface area contributed by atoms with Gasteiger partial charge in [0.15, 0.2) is 0 Å². The first-order valence-corrected chi connectivity index (χ1v) is 6.27. The Hall–Kier alpha value is -1.55. The van der Waals surface area contributed by atoms with Crippen molar-refractivity contribution in [2.24, 2.45) is 5.92 Å². The van der Waals surface area contributed by atoms with Crippen molar-refractivity contribution in [3.63, 3.8) is 0 Å². The molecule has 1 aliphatic heterocycles. The highest BCUT2D eigenvalue weighted by Crippen LogP contribution is 2.21. The molecule has 0 aromatic heterocycles. The Bertz CT molecular complexity index is 445. The van der Waals surface area contributed by atoms with E-state index in [1.807, 2.05) is 13.8 Å². The zero-order chi connectivity index (χ0) is 13.1. The predicted molar refractivity (Wildman–Crippen MR) is 68.7 cm³/mol. The fraction of sp³-hybridized carbons (Fsp3) is 0.500. The minimum Gasteiger partial charge on any atom is -0.507 e. The second-order valence-corrected chi connectivity index (χ2v) is 4.86. The van der Waals surface area contributed by atoms with E-state index in [0.717, 1.165) is 18.6 Å². The van der Waals surface area contributed by atoms with Gasteiger partial charge in [0.25, 0.3) is 5.91 Å². The summed E-state index contributed by atoms with van der Waals surface area (Å²) in [4.78, 5) is 12.0. The first kappa shape index (κ1) is 12.9. The summed E-state index contributed by atoms with van der Waals surface area (Å²) in [5.74, 6) is 0.157. The maximum absolute atomic E-state index is 12.0. The van der Waals surface area contributed by atoms with Gasteiger partial charge in [-0.25, -0.2) is 0 Å². The SMILES string of the molecule is Cc1ccc(O)c(C(=O)NCC2CCOC2C)c1. The highest BCUT2D eigenvalue weighted by Gasteiger charge is 2.24. The number of amides is 1. The van der Waals surface area contributed by atoms with Crippen LogP contribution in [0.3, 0.4) is 0 Å². The summed E-state index contributed by atoms with van der Waals surface area (Å²) in [6, 6.07) is 5.02. The lowest BCUT2D eigenvalue weighted by Crippen LogP contribution is -2.32. The molecule has 2 atom stereocenters. The second-order valence-electron chi connectivity index (χ2n) is 4.86. The van der Waals surface area contributed by atoms with Gasteiger partial charge in [-0.1, -0.05) is 11.6 Å². The molecule has 1 aromatic rings. The summed E-state index contributed by atoms with van der Waals surface area (Å²) >= 11 is 0. The van der Waals surface area contributed by atoms with E-state index in [1.165, 1.54) is 0 Å². The van der Waals surface area contributed by atoms with Gasteiger partial charge in [0, 0.05) is 19.1 Å². The number of hydrogen-bond donors (Lipinski definition) is 2. The van der Waals surface area contributed by atoms with E-state index in [1.54, 1.807) is 18.2 Å². The first-order valence-electron chi connectivity index (χ1n) is 6.27. The van der Waals surface area contributed by atoms with Gasteiger partial charge in [-0.2, -0.15) is 0 Å². The molecule has 1 amide bonds. The van der Waals surface area contributed by atoms with Crippen LogP contribution in [0.2, 0.25) is 0 Å². The summed E-state index contributed by atoms with van der Waals surface area (Å²) in [6.07, 6.45) is 1.16. The Morgan fingerprint density at radius 3 is 3.00 bits per heavy atom. The maximum atomic E-state index is 12.0. The third kappa shape index (κ3) is 2.82. The van der Waals surface area contributed by atoms with Crippen LogP contribution in [0.15, 0.2) is 18.2 Å². The van der Waals surface area contributed by atoms with Crippen molar-refractivity contribution in [1.29, 1.82) is 0 Å². The van der Waals surface area contributed by atoms with Crippen molar-refractivity contribution in [3.05, 3.63) is 29.3 Å². The van der Waals surface area contributed by atoms with Crippen LogP contribution in [-0.2, 0) is 4.74 Å². The van der Waals surface area contributed by atoms with E-state index in [4.69, 9.17) is 4.74 Å². The smallest absolute Gasteiger partial charge is 0.255 e. The van der Waals surface area contributed by atoms with Gasteiger partial charge in [0.1, 0.15) is 5.75 Å². The molecule has 1 aliphatic rings. The summed E-state index contributed by atoms with van der Waals surface area (Å²) < 4.78 is 5.45. The number of benzene rings is 1. The molecule has 0 spiro atoms. The molecule has 0 aliphatic carbocycles. The molecular formula is C14H19NO3. The summed E-state index contributed by atoms with van der Waals surface area (Å²) in [5.41, 5.74) is 1.29. The van der Waals surface area contributed by atoms with E-state index in [-0.39, 0.29) is 17.8 Å². The lowest BCUT2D eigenvalue weighted by atomic mass is 10.0. The number of phenolic OH excluding ortho intramolecular Hbond substituents is 1. The minimum absolute atomic E-state index is 0.0221. The number of aryl methyl sites for hydroxylation is 1. The van der Waals surface area contributed by atoms with Crippen LogP contribution >= 0.6 is 0 Å². The van der Waals surface area contributed by atoms with Gasteiger partial charge in [0.2, 0.25) is 0 Å². The maximum Gasteiger partial charge on any atom is 0.255 e. The number of carbonyl (C=O) groups is 1. The molecule has 0 radical (unpaired) electrons. The van der Waals surface area contributed by atoms with Crippen molar-refractivity contribution in [1.82, 2.24) is 5.32 Å². The predicted octanol–water partition coefficient (Wildman–Crippen LogP) is 1.86. The lowest BCUT2D eigenvalue weighted by molar-refractivity contribution is 0.0905. The monoisotopic (exact) mass is 249 g/mol. The Labute approximate surface area is 107 Å². The lowest BCUT2D eigenvalue weighted by Gasteiger charge is -2.15. The molecule has 18 heavy (non-hydrogen) atoms. The van der Waals surface area contributed by atoms with Crippen molar-refractivity contribution < 1.29 is 14.6 Å². The highest BCUT2D eigenvalue weighted by atomic mass is 16.5. The number of carbonyl (C=O) groups excluding carboxylic acids is 1. The van der Waals surface area contributed by atoms with Crippen LogP contribution in [-0.4, -0.2) is 30.3 Å². The molecule has 4 heteroatoms. The quantitative estimate of drug-likeness (QED) is 0.859. The Morgan fingerprint density at radius 2 is 2.33 bits per heavy atom. The van der Waals surface area contributed by atoms with Crippen molar-refractivity contribution in [2.75, 3.05) is 13.2 Å². The highest BCUT2D eigenvalue weighted by molar-refractivity contribution is 5.96. The van der Waals surface area contributed by atoms with Crippen molar-refractivity contribution in [3.8, 4) is 5.75 Å². The molecule has 1 saturated heterocycles. The Balaban J connectivity index is 1.97. The minimum atomic E-state index is -0.227. The molecule has 1 fully saturated rings.